The van der Waals surface area contributed by atoms with Gasteiger partial charge in [-0.2, -0.15) is 10.2 Å². The summed E-state index contributed by atoms with van der Waals surface area (Å²) in [6, 6.07) is 5.24. The molecule has 1 saturated heterocycles. The first kappa shape index (κ1) is 19.4. The lowest BCUT2D eigenvalue weighted by Gasteiger charge is -2.18. The molecule has 0 aliphatic carbocycles. The van der Waals surface area contributed by atoms with Crippen LogP contribution in [-0.2, 0) is 24.9 Å². The fourth-order valence-corrected chi connectivity index (χ4v) is 3.97. The molecule has 2 aliphatic heterocycles. The Balaban J connectivity index is 1.39. The van der Waals surface area contributed by atoms with Crippen LogP contribution in [0.2, 0.25) is 0 Å². The number of fused-ring (bicyclic) bond motifs is 1. The number of hydrogen-bond acceptors (Lipinski definition) is 6. The van der Waals surface area contributed by atoms with Gasteiger partial charge in [0.15, 0.2) is 11.6 Å². The van der Waals surface area contributed by atoms with Crippen LogP contribution in [-0.4, -0.2) is 42.9 Å². The third kappa shape index (κ3) is 3.38. The van der Waals surface area contributed by atoms with Gasteiger partial charge in [-0.3, -0.25) is 19.2 Å². The van der Waals surface area contributed by atoms with Crippen molar-refractivity contribution < 1.29 is 9.59 Å². The van der Waals surface area contributed by atoms with E-state index >= 15 is 0 Å². The molecule has 160 valence electrons. The Morgan fingerprint density at radius 1 is 1.19 bits per heavy atom. The van der Waals surface area contributed by atoms with Crippen molar-refractivity contribution in [3.63, 3.8) is 0 Å². The normalized spacial score (nSPS) is 17.3. The molecule has 0 saturated carbocycles. The van der Waals surface area contributed by atoms with Crippen LogP contribution in [0.4, 0.5) is 11.5 Å². The summed E-state index contributed by atoms with van der Waals surface area (Å²) in [7, 11) is 1.76. The second-order valence-corrected chi connectivity index (χ2v) is 8.62. The highest BCUT2D eigenvalue weighted by Crippen LogP contribution is 2.36. The van der Waals surface area contributed by atoms with Crippen molar-refractivity contribution in [2.24, 2.45) is 12.5 Å². The summed E-state index contributed by atoms with van der Waals surface area (Å²) < 4.78 is 3.29. The third-order valence-corrected chi connectivity index (χ3v) is 5.78. The van der Waals surface area contributed by atoms with Gasteiger partial charge in [0, 0.05) is 43.9 Å². The first-order chi connectivity index (χ1) is 14.8. The number of hydrogen-bond donors (Lipinski definition) is 2. The zero-order valence-electron chi connectivity index (χ0n) is 17.7. The minimum absolute atomic E-state index is 0.00282. The molecule has 5 rings (SSSR count). The fourth-order valence-electron chi connectivity index (χ4n) is 3.97. The number of carbonyl (C=O) groups excluding carboxylic acids is 2. The standard InChI is InChI=1S/C21H24N8O2/c1-21(2)7-8-28(20(21)31)18-16(12-27(3)26-18)24-19(30)14-5-4-6-17(23-14)29-11-13-9-22-10-15(13)25-29/h4-6,11-12,22H,7-10H2,1-3H3,(H,24,30). The van der Waals surface area contributed by atoms with Crippen LogP contribution in [0, 0.1) is 5.41 Å². The Labute approximate surface area is 179 Å². The van der Waals surface area contributed by atoms with Gasteiger partial charge >= 0.3 is 0 Å². The summed E-state index contributed by atoms with van der Waals surface area (Å²) >= 11 is 0. The predicted octanol–water partition coefficient (Wildman–Crippen LogP) is 1.62. The molecule has 3 aromatic rings. The molecule has 0 bridgehead atoms. The number of pyridine rings is 1. The van der Waals surface area contributed by atoms with Crippen molar-refractivity contribution in [1.29, 1.82) is 0 Å². The molecule has 0 spiro atoms. The maximum atomic E-state index is 13.0. The number of nitrogens with zero attached hydrogens (tertiary/aromatic N) is 6. The number of anilines is 2. The van der Waals surface area contributed by atoms with Crippen LogP contribution in [0.3, 0.4) is 0 Å². The van der Waals surface area contributed by atoms with E-state index in [1.807, 2.05) is 26.1 Å². The Morgan fingerprint density at radius 3 is 2.77 bits per heavy atom. The number of amides is 2. The first-order valence-corrected chi connectivity index (χ1v) is 10.2. The molecule has 3 aromatic heterocycles. The van der Waals surface area contributed by atoms with E-state index in [0.29, 0.717) is 23.9 Å². The van der Waals surface area contributed by atoms with Crippen molar-refractivity contribution in [2.75, 3.05) is 16.8 Å². The Bertz CT molecular complexity index is 1170. The van der Waals surface area contributed by atoms with Crippen LogP contribution < -0.4 is 15.5 Å². The van der Waals surface area contributed by atoms with Crippen LogP contribution >= 0.6 is 0 Å². The number of carbonyl (C=O) groups is 2. The van der Waals surface area contributed by atoms with Crippen LogP contribution in [0.5, 0.6) is 0 Å². The summed E-state index contributed by atoms with van der Waals surface area (Å²) in [4.78, 5) is 31.8. The highest BCUT2D eigenvalue weighted by atomic mass is 16.2. The summed E-state index contributed by atoms with van der Waals surface area (Å²) in [6.07, 6.45) is 4.36. The molecule has 31 heavy (non-hydrogen) atoms. The lowest BCUT2D eigenvalue weighted by atomic mass is 9.92. The van der Waals surface area contributed by atoms with Gasteiger partial charge in [0.2, 0.25) is 5.91 Å². The number of nitrogens with one attached hydrogen (secondary N) is 2. The highest BCUT2D eigenvalue weighted by molar-refractivity contribution is 6.07. The van der Waals surface area contributed by atoms with Gasteiger partial charge in [-0.05, 0) is 18.6 Å². The van der Waals surface area contributed by atoms with Gasteiger partial charge in [0.25, 0.3) is 5.91 Å². The van der Waals surface area contributed by atoms with E-state index in [1.54, 1.807) is 39.6 Å². The maximum Gasteiger partial charge on any atom is 0.274 e. The van der Waals surface area contributed by atoms with Gasteiger partial charge in [-0.15, -0.1) is 0 Å². The molecule has 10 heteroatoms. The number of aromatic nitrogens is 5. The number of aryl methyl sites for hydroxylation is 1. The van der Waals surface area contributed by atoms with E-state index in [2.05, 4.69) is 25.8 Å². The molecule has 2 amide bonds. The molecule has 0 radical (unpaired) electrons. The largest absolute Gasteiger partial charge is 0.316 e. The van der Waals surface area contributed by atoms with Gasteiger partial charge in [0.05, 0.1) is 11.9 Å². The van der Waals surface area contributed by atoms with E-state index in [4.69, 9.17) is 0 Å². The van der Waals surface area contributed by atoms with Gasteiger partial charge in [-0.25, -0.2) is 9.67 Å². The van der Waals surface area contributed by atoms with Gasteiger partial charge in [0.1, 0.15) is 11.4 Å². The molecule has 2 aliphatic rings. The molecule has 1 fully saturated rings. The zero-order chi connectivity index (χ0) is 21.8. The Morgan fingerprint density at radius 2 is 2.03 bits per heavy atom. The van der Waals surface area contributed by atoms with Crippen molar-refractivity contribution in [3.8, 4) is 5.82 Å². The average molecular weight is 420 g/mol. The molecule has 10 nitrogen and oxygen atoms in total. The maximum absolute atomic E-state index is 13.0. The van der Waals surface area contributed by atoms with Crippen LogP contribution in [0.1, 0.15) is 42.0 Å². The smallest absolute Gasteiger partial charge is 0.274 e. The summed E-state index contributed by atoms with van der Waals surface area (Å²) in [5.74, 6) is 0.662. The monoisotopic (exact) mass is 420 g/mol. The second kappa shape index (κ2) is 7.02. The highest BCUT2D eigenvalue weighted by Gasteiger charge is 2.41. The topological polar surface area (TPSA) is 110 Å². The van der Waals surface area contributed by atoms with E-state index in [0.717, 1.165) is 30.8 Å². The van der Waals surface area contributed by atoms with Crippen molar-refractivity contribution >= 4 is 23.3 Å². The van der Waals surface area contributed by atoms with Crippen LogP contribution in [0.25, 0.3) is 5.82 Å². The number of rotatable bonds is 4. The lowest BCUT2D eigenvalue weighted by Crippen LogP contribution is -2.32. The third-order valence-electron chi connectivity index (χ3n) is 5.78. The molecule has 2 N–H and O–H groups in total. The Hall–Kier alpha value is -3.53. The van der Waals surface area contributed by atoms with Crippen LogP contribution in [0.15, 0.2) is 30.6 Å². The van der Waals surface area contributed by atoms with Gasteiger partial charge < -0.3 is 10.6 Å². The van der Waals surface area contributed by atoms with Crippen molar-refractivity contribution in [1.82, 2.24) is 29.9 Å². The van der Waals surface area contributed by atoms with E-state index in [-0.39, 0.29) is 17.5 Å². The minimum atomic E-state index is -0.436. The average Bonchev–Trinajstić information content (AvgIpc) is 3.47. The zero-order valence-corrected chi connectivity index (χ0v) is 17.7. The molecule has 0 unspecified atom stereocenters. The molecule has 0 aromatic carbocycles. The predicted molar refractivity (Wildman–Crippen MR) is 114 cm³/mol. The Kier molecular flexibility index (Phi) is 4.40. The molecular weight excluding hydrogens is 396 g/mol. The SMILES string of the molecule is Cn1cc(NC(=O)c2cccc(-n3cc4c(n3)CNC4)n2)c(N2CCC(C)(C)C2=O)n1. The quantitative estimate of drug-likeness (QED) is 0.664. The van der Waals surface area contributed by atoms with E-state index in [1.165, 1.54) is 0 Å². The van der Waals surface area contributed by atoms with Crippen molar-refractivity contribution in [3.05, 3.63) is 47.5 Å². The first-order valence-electron chi connectivity index (χ1n) is 10.2. The van der Waals surface area contributed by atoms with E-state index in [9.17, 15) is 9.59 Å². The summed E-state index contributed by atoms with van der Waals surface area (Å²) in [5.41, 5.74) is 2.43. The summed E-state index contributed by atoms with van der Waals surface area (Å²) in [6.45, 7) is 5.93. The second-order valence-electron chi connectivity index (χ2n) is 8.62. The van der Waals surface area contributed by atoms with E-state index < -0.39 is 5.41 Å². The molecular formula is C21H24N8O2. The molecule has 5 heterocycles. The lowest BCUT2D eigenvalue weighted by molar-refractivity contribution is -0.124. The fraction of sp³-hybridized carbons (Fsp3) is 0.381. The van der Waals surface area contributed by atoms with Gasteiger partial charge in [-0.1, -0.05) is 19.9 Å². The summed E-state index contributed by atoms with van der Waals surface area (Å²) in [5, 5.41) is 15.1. The molecule has 0 atom stereocenters. The minimum Gasteiger partial charge on any atom is -0.316 e. The van der Waals surface area contributed by atoms with Crippen molar-refractivity contribution in [2.45, 2.75) is 33.4 Å².